The quantitative estimate of drug-likeness (QED) is 0.433. The number of pyridine rings is 1. The number of halogens is 1. The number of aromatic nitrogens is 7. The smallest absolute Gasteiger partial charge is 0.290 e. The molecule has 0 radical (unpaired) electrons. The second-order valence-electron chi connectivity index (χ2n) is 8.21. The van der Waals surface area contributed by atoms with E-state index in [1.54, 1.807) is 15.3 Å². The van der Waals surface area contributed by atoms with Crippen LogP contribution in [0.25, 0.3) is 22.6 Å². The van der Waals surface area contributed by atoms with Crippen LogP contribution in [0.1, 0.15) is 38.4 Å². The number of rotatable bonds is 8. The van der Waals surface area contributed by atoms with Crippen LogP contribution >= 0.6 is 11.6 Å². The van der Waals surface area contributed by atoms with Crippen molar-refractivity contribution in [2.24, 2.45) is 5.92 Å². The maximum atomic E-state index is 13.1. The standard InChI is InChI=1S/C23H26ClN7O/c1-4-6-19-21(24)31(13-15(2)3)23(32)30(19)14-16-8-10-17(11-9-16)20-18(7-5-12-25-20)22-26-28-29-27-22/h5,7-12,15H,4,6,13-14H2,1-3H3,(H,26,27,28,29). The van der Waals surface area contributed by atoms with Gasteiger partial charge in [0.05, 0.1) is 17.9 Å². The van der Waals surface area contributed by atoms with Crippen molar-refractivity contribution in [2.75, 3.05) is 0 Å². The van der Waals surface area contributed by atoms with Gasteiger partial charge in [0.2, 0.25) is 0 Å². The molecule has 0 aliphatic rings. The van der Waals surface area contributed by atoms with Crippen molar-refractivity contribution in [3.05, 3.63) is 69.5 Å². The Balaban J connectivity index is 1.66. The van der Waals surface area contributed by atoms with Gasteiger partial charge in [-0.1, -0.05) is 63.1 Å². The topological polar surface area (TPSA) is 94.3 Å². The van der Waals surface area contributed by atoms with Crippen molar-refractivity contribution >= 4 is 11.6 Å². The molecule has 0 aliphatic heterocycles. The van der Waals surface area contributed by atoms with E-state index in [4.69, 9.17) is 11.6 Å². The minimum absolute atomic E-state index is 0.0546. The molecule has 9 heteroatoms. The van der Waals surface area contributed by atoms with Gasteiger partial charge in [0, 0.05) is 23.9 Å². The van der Waals surface area contributed by atoms with Crippen molar-refractivity contribution in [1.29, 1.82) is 0 Å². The molecule has 8 nitrogen and oxygen atoms in total. The maximum Gasteiger partial charge on any atom is 0.329 e. The zero-order valence-corrected chi connectivity index (χ0v) is 19.2. The van der Waals surface area contributed by atoms with Gasteiger partial charge in [-0.05, 0) is 40.5 Å². The normalized spacial score (nSPS) is 11.4. The van der Waals surface area contributed by atoms with E-state index in [0.29, 0.717) is 30.0 Å². The first-order valence-corrected chi connectivity index (χ1v) is 11.1. The fraction of sp³-hybridized carbons (Fsp3) is 0.348. The van der Waals surface area contributed by atoms with E-state index in [2.05, 4.69) is 46.4 Å². The highest BCUT2D eigenvalue weighted by Gasteiger charge is 2.19. The lowest BCUT2D eigenvalue weighted by Gasteiger charge is -2.09. The molecule has 32 heavy (non-hydrogen) atoms. The first-order chi connectivity index (χ1) is 15.5. The van der Waals surface area contributed by atoms with Crippen LogP contribution < -0.4 is 5.69 Å². The lowest BCUT2D eigenvalue weighted by molar-refractivity contribution is 0.504. The van der Waals surface area contributed by atoms with Gasteiger partial charge < -0.3 is 0 Å². The third-order valence-corrected chi connectivity index (χ3v) is 5.70. The van der Waals surface area contributed by atoms with E-state index < -0.39 is 0 Å². The molecule has 1 N–H and O–H groups in total. The summed E-state index contributed by atoms with van der Waals surface area (Å²) in [6.45, 7) is 7.34. The minimum atomic E-state index is -0.0546. The van der Waals surface area contributed by atoms with Gasteiger partial charge in [-0.2, -0.15) is 0 Å². The Hall–Kier alpha value is -3.26. The third kappa shape index (κ3) is 4.36. The Morgan fingerprint density at radius 3 is 2.56 bits per heavy atom. The summed E-state index contributed by atoms with van der Waals surface area (Å²) in [5.41, 5.74) is 4.41. The molecule has 1 aromatic carbocycles. The predicted molar refractivity (Wildman–Crippen MR) is 124 cm³/mol. The number of imidazole rings is 1. The van der Waals surface area contributed by atoms with Crippen LogP contribution in [-0.2, 0) is 19.5 Å². The van der Waals surface area contributed by atoms with Gasteiger partial charge in [0.1, 0.15) is 5.15 Å². The Labute approximate surface area is 191 Å². The van der Waals surface area contributed by atoms with Gasteiger partial charge >= 0.3 is 5.69 Å². The van der Waals surface area contributed by atoms with E-state index in [9.17, 15) is 4.79 Å². The molecular formula is C23H26ClN7O. The maximum absolute atomic E-state index is 13.1. The molecule has 4 rings (SSSR count). The first-order valence-electron chi connectivity index (χ1n) is 10.8. The molecule has 0 saturated carbocycles. The fourth-order valence-electron chi connectivity index (χ4n) is 3.82. The monoisotopic (exact) mass is 451 g/mol. The van der Waals surface area contributed by atoms with E-state index in [0.717, 1.165) is 40.9 Å². The van der Waals surface area contributed by atoms with E-state index in [1.165, 1.54) is 0 Å². The van der Waals surface area contributed by atoms with Crippen LogP contribution in [0.3, 0.4) is 0 Å². The molecule has 0 bridgehead atoms. The van der Waals surface area contributed by atoms with Gasteiger partial charge in [-0.25, -0.2) is 9.89 Å². The predicted octanol–water partition coefficient (Wildman–Crippen LogP) is 4.20. The number of hydrogen-bond donors (Lipinski definition) is 1. The lowest BCUT2D eigenvalue weighted by atomic mass is 10.0. The summed E-state index contributed by atoms with van der Waals surface area (Å²) in [6, 6.07) is 11.8. The van der Waals surface area contributed by atoms with Crippen LogP contribution in [-0.4, -0.2) is 34.7 Å². The highest BCUT2D eigenvalue weighted by atomic mass is 35.5. The number of hydrogen-bond acceptors (Lipinski definition) is 5. The van der Waals surface area contributed by atoms with Crippen LogP contribution in [0.2, 0.25) is 5.15 Å². The van der Waals surface area contributed by atoms with Crippen LogP contribution in [0.4, 0.5) is 0 Å². The molecule has 0 aliphatic carbocycles. The molecule has 166 valence electrons. The van der Waals surface area contributed by atoms with Crippen molar-refractivity contribution in [1.82, 2.24) is 34.7 Å². The minimum Gasteiger partial charge on any atom is -0.290 e. The van der Waals surface area contributed by atoms with Gasteiger partial charge in [0.25, 0.3) is 0 Å². The summed E-state index contributed by atoms with van der Waals surface area (Å²) in [5, 5.41) is 14.7. The Kier molecular flexibility index (Phi) is 6.50. The second kappa shape index (κ2) is 9.48. The van der Waals surface area contributed by atoms with Crippen molar-refractivity contribution < 1.29 is 0 Å². The summed E-state index contributed by atoms with van der Waals surface area (Å²) < 4.78 is 3.49. The molecule has 0 saturated heterocycles. The van der Waals surface area contributed by atoms with Gasteiger partial charge in [-0.3, -0.25) is 14.1 Å². The summed E-state index contributed by atoms with van der Waals surface area (Å²) in [6.07, 6.45) is 3.43. The number of tetrazole rings is 1. The summed E-state index contributed by atoms with van der Waals surface area (Å²) in [4.78, 5) is 17.6. The summed E-state index contributed by atoms with van der Waals surface area (Å²) in [5.74, 6) is 0.899. The third-order valence-electron chi connectivity index (χ3n) is 5.27. The first kappa shape index (κ1) is 22.0. The van der Waals surface area contributed by atoms with E-state index in [-0.39, 0.29) is 5.69 Å². The molecule has 3 aromatic heterocycles. The summed E-state index contributed by atoms with van der Waals surface area (Å²) >= 11 is 6.61. The van der Waals surface area contributed by atoms with Gasteiger partial charge in [0.15, 0.2) is 5.82 Å². The SMILES string of the molecule is CCCc1c(Cl)n(CC(C)C)c(=O)n1Cc1ccc(-c2ncccc2-c2nnn[nH]2)cc1. The van der Waals surface area contributed by atoms with Crippen molar-refractivity contribution in [2.45, 2.75) is 46.7 Å². The van der Waals surface area contributed by atoms with Gasteiger partial charge in [-0.15, -0.1) is 5.10 Å². The van der Waals surface area contributed by atoms with E-state index in [1.807, 2.05) is 36.4 Å². The Morgan fingerprint density at radius 1 is 1.12 bits per heavy atom. The zero-order valence-electron chi connectivity index (χ0n) is 18.4. The van der Waals surface area contributed by atoms with Crippen LogP contribution in [0.5, 0.6) is 0 Å². The highest BCUT2D eigenvalue weighted by molar-refractivity contribution is 6.30. The average Bonchev–Trinajstić information content (AvgIpc) is 3.40. The second-order valence-corrected chi connectivity index (χ2v) is 8.57. The summed E-state index contributed by atoms with van der Waals surface area (Å²) in [7, 11) is 0. The molecule has 0 amide bonds. The number of aromatic amines is 1. The van der Waals surface area contributed by atoms with Crippen molar-refractivity contribution in [3.8, 4) is 22.6 Å². The number of nitrogens with one attached hydrogen (secondary N) is 1. The van der Waals surface area contributed by atoms with Crippen LogP contribution in [0, 0.1) is 5.92 Å². The molecule has 0 atom stereocenters. The number of nitrogens with zero attached hydrogens (tertiary/aromatic N) is 6. The fourth-order valence-corrected chi connectivity index (χ4v) is 4.16. The highest BCUT2D eigenvalue weighted by Crippen LogP contribution is 2.28. The molecule has 0 spiro atoms. The number of benzene rings is 1. The molecule has 3 heterocycles. The number of H-pyrrole nitrogens is 1. The Bertz CT molecular complexity index is 1240. The molecule has 4 aromatic rings. The lowest BCUT2D eigenvalue weighted by Crippen LogP contribution is -2.27. The van der Waals surface area contributed by atoms with Crippen molar-refractivity contribution in [3.63, 3.8) is 0 Å². The molecule has 0 fully saturated rings. The zero-order chi connectivity index (χ0) is 22.7. The molecular weight excluding hydrogens is 426 g/mol. The largest absolute Gasteiger partial charge is 0.329 e. The molecule has 0 unspecified atom stereocenters. The van der Waals surface area contributed by atoms with Crippen LogP contribution in [0.15, 0.2) is 47.4 Å². The Morgan fingerprint density at radius 2 is 1.91 bits per heavy atom. The van der Waals surface area contributed by atoms with E-state index >= 15 is 0 Å². The average molecular weight is 452 g/mol.